The number of halogens is 3. The molecule has 1 N–H and O–H groups in total. The van der Waals surface area contributed by atoms with Crippen LogP contribution in [0.2, 0.25) is 0 Å². The molecule has 0 aliphatic heterocycles. The maximum Gasteiger partial charge on any atom is 0.402 e. The largest absolute Gasteiger partial charge is 0.402 e. The first kappa shape index (κ1) is 15.7. The Kier molecular flexibility index (Phi) is 5.21. The summed E-state index contributed by atoms with van der Waals surface area (Å²) >= 11 is 0. The van der Waals surface area contributed by atoms with Gasteiger partial charge in [-0.3, -0.25) is 0 Å². The topological polar surface area (TPSA) is 46.2 Å². The summed E-state index contributed by atoms with van der Waals surface area (Å²) in [5, 5.41) is 0. The molecule has 0 aromatic rings. The fourth-order valence-corrected chi connectivity index (χ4v) is 2.71. The normalized spacial score (nSPS) is 14.1. The average Bonchev–Trinajstić information content (AvgIpc) is 2.13. The van der Waals surface area contributed by atoms with Gasteiger partial charge in [0.25, 0.3) is 10.0 Å². The first-order valence-corrected chi connectivity index (χ1v) is 6.56. The van der Waals surface area contributed by atoms with Gasteiger partial charge in [-0.2, -0.15) is 13.2 Å². The second-order valence-electron chi connectivity index (χ2n) is 3.93. The van der Waals surface area contributed by atoms with Gasteiger partial charge >= 0.3 is 6.18 Å². The van der Waals surface area contributed by atoms with Crippen LogP contribution < -0.4 is 4.72 Å². The van der Waals surface area contributed by atoms with Gasteiger partial charge in [-0.25, -0.2) is 13.1 Å². The van der Waals surface area contributed by atoms with Crippen molar-refractivity contribution in [3.63, 3.8) is 0 Å². The van der Waals surface area contributed by atoms with Crippen LogP contribution in [0.3, 0.4) is 0 Å². The van der Waals surface area contributed by atoms with E-state index >= 15 is 0 Å². The molecule has 0 fully saturated rings. The molecule has 0 rings (SSSR count). The zero-order valence-electron chi connectivity index (χ0n) is 9.63. The van der Waals surface area contributed by atoms with E-state index in [2.05, 4.69) is 0 Å². The summed E-state index contributed by atoms with van der Waals surface area (Å²) in [6.07, 6.45) is -4.52. The summed E-state index contributed by atoms with van der Waals surface area (Å²) in [6.45, 7) is 3.17. The predicted octanol–water partition coefficient (Wildman–Crippen LogP) is 0.912. The first-order chi connectivity index (χ1) is 7.04. The van der Waals surface area contributed by atoms with Crippen molar-refractivity contribution in [2.75, 3.05) is 32.6 Å². The van der Waals surface area contributed by atoms with Crippen molar-refractivity contribution in [3.8, 4) is 0 Å². The Hall–Kier alpha value is -0.340. The van der Waals surface area contributed by atoms with Crippen molar-refractivity contribution in [2.24, 2.45) is 0 Å². The summed E-state index contributed by atoms with van der Waals surface area (Å²) in [7, 11) is -2.21. The fourth-order valence-electron chi connectivity index (χ4n) is 1.05. The smallest absolute Gasteiger partial charge is 0.313 e. The van der Waals surface area contributed by atoms with Gasteiger partial charge in [0.1, 0.15) is 6.54 Å². The third-order valence-corrected chi connectivity index (χ3v) is 4.05. The number of nitrogens with one attached hydrogen (secondary N) is 1. The minimum Gasteiger partial charge on any atom is -0.313 e. The van der Waals surface area contributed by atoms with Crippen LogP contribution in [-0.2, 0) is 10.0 Å². The molecule has 0 aromatic heterocycles. The lowest BCUT2D eigenvalue weighted by Crippen LogP contribution is -2.50. The Balaban J connectivity index is 4.47. The van der Waals surface area contributed by atoms with E-state index in [1.807, 2.05) is 0 Å². The van der Waals surface area contributed by atoms with Gasteiger partial charge < -0.3 is 4.48 Å². The van der Waals surface area contributed by atoms with Gasteiger partial charge in [0, 0.05) is 0 Å². The summed E-state index contributed by atoms with van der Waals surface area (Å²) in [5.74, 6) is -0.337. The summed E-state index contributed by atoms with van der Waals surface area (Å²) < 4.78 is 60.1. The number of alkyl halides is 3. The van der Waals surface area contributed by atoms with Crippen molar-refractivity contribution in [3.05, 3.63) is 0 Å². The van der Waals surface area contributed by atoms with E-state index in [1.165, 1.54) is 0 Å². The maximum atomic E-state index is 11.9. The summed E-state index contributed by atoms with van der Waals surface area (Å²) in [6, 6.07) is 0. The third kappa shape index (κ3) is 6.29. The van der Waals surface area contributed by atoms with Crippen molar-refractivity contribution < 1.29 is 26.1 Å². The van der Waals surface area contributed by atoms with Gasteiger partial charge in [-0.1, -0.05) is 0 Å². The molecule has 0 bridgehead atoms. The summed E-state index contributed by atoms with van der Waals surface area (Å²) in [5.41, 5.74) is 0. The molecule has 16 heavy (non-hydrogen) atoms. The Labute approximate surface area is 94.1 Å². The quantitative estimate of drug-likeness (QED) is 0.724. The van der Waals surface area contributed by atoms with Gasteiger partial charge in [-0.05, 0) is 13.8 Å². The molecule has 0 saturated heterocycles. The van der Waals surface area contributed by atoms with Crippen LogP contribution in [0.4, 0.5) is 13.2 Å². The zero-order valence-corrected chi connectivity index (χ0v) is 10.5. The van der Waals surface area contributed by atoms with Crippen LogP contribution in [-0.4, -0.2) is 51.6 Å². The Morgan fingerprint density at radius 2 is 1.62 bits per heavy atom. The number of sulfonamides is 1. The number of hydrogen-bond donors (Lipinski definition) is 1. The van der Waals surface area contributed by atoms with E-state index in [4.69, 9.17) is 0 Å². The van der Waals surface area contributed by atoms with E-state index in [0.29, 0.717) is 13.1 Å². The SMILES string of the molecule is CC[N+](C)(CC)CS(=O)(=O)NCC(F)(F)F. The number of nitrogens with zero attached hydrogens (tertiary/aromatic N) is 1. The first-order valence-electron chi connectivity index (χ1n) is 4.91. The minimum absolute atomic E-state index is 0.188. The third-order valence-electron chi connectivity index (χ3n) is 2.50. The highest BCUT2D eigenvalue weighted by molar-refractivity contribution is 7.89. The number of quaternary nitrogens is 1. The Morgan fingerprint density at radius 3 is 1.94 bits per heavy atom. The van der Waals surface area contributed by atoms with E-state index in [1.54, 1.807) is 25.6 Å². The van der Waals surface area contributed by atoms with Gasteiger partial charge in [0.2, 0.25) is 0 Å². The molecule has 8 heteroatoms. The van der Waals surface area contributed by atoms with Crippen LogP contribution in [0.25, 0.3) is 0 Å². The highest BCUT2D eigenvalue weighted by atomic mass is 32.2. The van der Waals surface area contributed by atoms with E-state index in [-0.39, 0.29) is 10.4 Å². The van der Waals surface area contributed by atoms with Crippen LogP contribution in [0, 0.1) is 0 Å². The van der Waals surface area contributed by atoms with E-state index < -0.39 is 22.7 Å². The fraction of sp³-hybridized carbons (Fsp3) is 1.00. The van der Waals surface area contributed by atoms with Crippen LogP contribution >= 0.6 is 0 Å². The molecule has 0 radical (unpaired) electrons. The van der Waals surface area contributed by atoms with Crippen molar-refractivity contribution in [1.82, 2.24) is 4.72 Å². The molecule has 0 amide bonds. The lowest BCUT2D eigenvalue weighted by Gasteiger charge is -2.31. The van der Waals surface area contributed by atoms with Crippen LogP contribution in [0.5, 0.6) is 0 Å². The van der Waals surface area contributed by atoms with Crippen molar-refractivity contribution in [1.29, 1.82) is 0 Å². The second kappa shape index (κ2) is 5.33. The molecule has 0 spiro atoms. The van der Waals surface area contributed by atoms with Gasteiger partial charge in [0.05, 0.1) is 20.1 Å². The molecule has 4 nitrogen and oxygen atoms in total. The number of rotatable bonds is 6. The highest BCUT2D eigenvalue weighted by Gasteiger charge is 2.32. The molecule has 0 unspecified atom stereocenters. The molecule has 0 atom stereocenters. The highest BCUT2D eigenvalue weighted by Crippen LogP contribution is 2.13. The van der Waals surface area contributed by atoms with E-state index in [9.17, 15) is 21.6 Å². The molecule has 0 aromatic carbocycles. The zero-order chi connectivity index (χ0) is 13.0. The Bertz CT molecular complexity index is 310. The van der Waals surface area contributed by atoms with E-state index in [0.717, 1.165) is 0 Å². The molecule has 0 heterocycles. The monoisotopic (exact) mass is 263 g/mol. The minimum atomic E-state index is -4.52. The lowest BCUT2D eigenvalue weighted by molar-refractivity contribution is -0.894. The van der Waals surface area contributed by atoms with Gasteiger partial charge in [-0.15, -0.1) is 0 Å². The maximum absolute atomic E-state index is 11.9. The lowest BCUT2D eigenvalue weighted by atomic mass is 10.5. The second-order valence-corrected chi connectivity index (χ2v) is 5.71. The molecular weight excluding hydrogens is 245 g/mol. The van der Waals surface area contributed by atoms with Crippen LogP contribution in [0.15, 0.2) is 0 Å². The predicted molar refractivity (Wildman–Crippen MR) is 55.1 cm³/mol. The van der Waals surface area contributed by atoms with Crippen molar-refractivity contribution >= 4 is 10.0 Å². The standard InChI is InChI=1S/C8H18F3N2O2S/c1-4-13(3,5-2)7-16(14,15)12-6-8(9,10)11/h12H,4-7H2,1-3H3/q+1. The van der Waals surface area contributed by atoms with Gasteiger partial charge in [0.15, 0.2) is 5.88 Å². The molecule has 0 aliphatic carbocycles. The Morgan fingerprint density at radius 1 is 1.19 bits per heavy atom. The van der Waals surface area contributed by atoms with Crippen LogP contribution in [0.1, 0.15) is 13.8 Å². The van der Waals surface area contributed by atoms with Crippen molar-refractivity contribution in [2.45, 2.75) is 20.0 Å². The number of hydrogen-bond acceptors (Lipinski definition) is 2. The molecular formula is C8H18F3N2O2S+. The molecule has 0 saturated carbocycles. The molecule has 0 aliphatic rings. The summed E-state index contributed by atoms with van der Waals surface area (Å²) in [4.78, 5) is 0. The average molecular weight is 263 g/mol. The molecule has 98 valence electrons.